The van der Waals surface area contributed by atoms with Crippen LogP contribution in [0.1, 0.15) is 43.7 Å². The highest BCUT2D eigenvalue weighted by atomic mass is 19.1. The number of hydrogen-bond donors (Lipinski definition) is 4. The van der Waals surface area contributed by atoms with Crippen molar-refractivity contribution in [2.75, 3.05) is 43.4 Å². The maximum atomic E-state index is 14.2. The molecule has 1 saturated heterocycles. The van der Waals surface area contributed by atoms with Crippen LogP contribution < -0.4 is 15.7 Å². The number of pyridine rings is 1. The maximum Gasteiger partial charge on any atom is 0.143 e. The molecule has 1 aliphatic heterocycles. The summed E-state index contributed by atoms with van der Waals surface area (Å²) in [6.07, 6.45) is 8.51. The summed E-state index contributed by atoms with van der Waals surface area (Å²) in [4.78, 5) is 4.85. The molecule has 0 amide bonds. The predicted molar refractivity (Wildman–Crippen MR) is 136 cm³/mol. The Morgan fingerprint density at radius 3 is 2.68 bits per heavy atom. The van der Waals surface area contributed by atoms with Gasteiger partial charge in [-0.15, -0.1) is 0 Å². The number of hydrogen-bond acceptors (Lipinski definition) is 6. The lowest BCUT2D eigenvalue weighted by atomic mass is 9.60. The van der Waals surface area contributed by atoms with E-state index in [2.05, 4.69) is 41.2 Å². The van der Waals surface area contributed by atoms with Crippen LogP contribution in [0.15, 0.2) is 30.5 Å². The van der Waals surface area contributed by atoms with Crippen LogP contribution >= 0.6 is 0 Å². The number of aromatic nitrogens is 1. The largest absolute Gasteiger partial charge is 0.384 e. The first-order valence-electron chi connectivity index (χ1n) is 12.2. The second-order valence-corrected chi connectivity index (χ2v) is 9.90. The highest BCUT2D eigenvalue weighted by Gasteiger charge is 2.53. The van der Waals surface area contributed by atoms with Crippen molar-refractivity contribution >= 4 is 23.9 Å². The fraction of sp³-hybridized carbons (Fsp3) is 0.500. The quantitative estimate of drug-likeness (QED) is 0.299. The number of likely N-dealkylation sites (tertiary alicyclic amines) is 1. The third kappa shape index (κ3) is 4.92. The molecule has 1 saturated carbocycles. The van der Waals surface area contributed by atoms with E-state index >= 15 is 0 Å². The minimum Gasteiger partial charge on any atom is -0.384 e. The standard InChI is InChI=1S/C26H36FN7/c1-3-8-31-24-11-21(7-6-20(24)14-28)32(2)22-12-26(13-22)16-33(17-26)9-4-5-19-10-25(30)34(18-29)15-23(19)27/h6-7,10-11,14-15,18,22,28-31H,3-5,8-9,12-13,16-17H2,1-2H3. The van der Waals surface area contributed by atoms with Gasteiger partial charge in [0, 0.05) is 62.1 Å². The highest BCUT2D eigenvalue weighted by Crippen LogP contribution is 2.50. The zero-order valence-electron chi connectivity index (χ0n) is 20.2. The Labute approximate surface area is 201 Å². The summed E-state index contributed by atoms with van der Waals surface area (Å²) in [6, 6.07) is 8.39. The van der Waals surface area contributed by atoms with Crippen molar-refractivity contribution < 1.29 is 4.39 Å². The van der Waals surface area contributed by atoms with Crippen LogP contribution in [0.25, 0.3) is 0 Å². The summed E-state index contributed by atoms with van der Waals surface area (Å²) < 4.78 is 15.3. The Kier molecular flexibility index (Phi) is 7.16. The number of nitrogens with zero attached hydrogens (tertiary/aromatic N) is 3. The lowest BCUT2D eigenvalue weighted by Crippen LogP contribution is -2.66. The van der Waals surface area contributed by atoms with Crippen LogP contribution in [0.4, 0.5) is 15.8 Å². The smallest absolute Gasteiger partial charge is 0.143 e. The van der Waals surface area contributed by atoms with E-state index in [4.69, 9.17) is 16.2 Å². The van der Waals surface area contributed by atoms with Crippen molar-refractivity contribution in [1.82, 2.24) is 9.47 Å². The molecule has 1 spiro atoms. The van der Waals surface area contributed by atoms with Crippen molar-refractivity contribution in [3.63, 3.8) is 0 Å². The zero-order chi connectivity index (χ0) is 24.3. The first kappa shape index (κ1) is 24.1. The summed E-state index contributed by atoms with van der Waals surface area (Å²) in [5, 5.41) is 26.2. The Balaban J connectivity index is 1.24. The van der Waals surface area contributed by atoms with Crippen molar-refractivity contribution in [3.8, 4) is 0 Å². The Hall–Kier alpha value is -3.00. The number of halogens is 1. The van der Waals surface area contributed by atoms with Gasteiger partial charge in [0.25, 0.3) is 0 Å². The van der Waals surface area contributed by atoms with Crippen molar-refractivity contribution in [1.29, 1.82) is 16.2 Å². The first-order valence-corrected chi connectivity index (χ1v) is 12.2. The lowest BCUT2D eigenvalue weighted by molar-refractivity contribution is -0.0715. The highest BCUT2D eigenvalue weighted by molar-refractivity contribution is 5.87. The zero-order valence-corrected chi connectivity index (χ0v) is 20.2. The van der Waals surface area contributed by atoms with Gasteiger partial charge in [0.15, 0.2) is 0 Å². The van der Waals surface area contributed by atoms with Crippen LogP contribution in [-0.2, 0) is 6.42 Å². The van der Waals surface area contributed by atoms with Crippen LogP contribution in [0, 0.1) is 27.5 Å². The fourth-order valence-corrected chi connectivity index (χ4v) is 5.42. The van der Waals surface area contributed by atoms with E-state index in [-0.39, 0.29) is 11.3 Å². The first-order chi connectivity index (χ1) is 16.4. The molecule has 0 bridgehead atoms. The van der Waals surface area contributed by atoms with Crippen molar-refractivity contribution in [2.45, 2.75) is 45.1 Å². The predicted octanol–water partition coefficient (Wildman–Crippen LogP) is 3.91. The van der Waals surface area contributed by atoms with E-state index < -0.39 is 0 Å². The Bertz CT molecular complexity index is 1090. The average molecular weight is 466 g/mol. The molecule has 1 aliphatic carbocycles. The summed E-state index contributed by atoms with van der Waals surface area (Å²) >= 11 is 0. The molecule has 1 aromatic carbocycles. The van der Waals surface area contributed by atoms with Gasteiger partial charge in [0.05, 0.1) is 6.34 Å². The SMILES string of the molecule is CCCNc1cc(N(C)C2CC3(C2)CN(CCCc2cc(=N)n(C=N)cc2F)C3)ccc1C=N. The summed E-state index contributed by atoms with van der Waals surface area (Å²) in [5.74, 6) is -0.342. The molecule has 2 heterocycles. The van der Waals surface area contributed by atoms with E-state index in [1.165, 1.54) is 41.6 Å². The van der Waals surface area contributed by atoms with Crippen molar-refractivity contribution in [2.24, 2.45) is 5.41 Å². The molecule has 8 heteroatoms. The summed E-state index contributed by atoms with van der Waals surface area (Å²) in [7, 11) is 2.17. The Morgan fingerprint density at radius 1 is 1.24 bits per heavy atom. The molecule has 182 valence electrons. The molecule has 0 unspecified atom stereocenters. The van der Waals surface area contributed by atoms with E-state index in [0.29, 0.717) is 23.4 Å². The number of anilines is 2. The maximum absolute atomic E-state index is 14.2. The second-order valence-electron chi connectivity index (χ2n) is 9.90. The van der Waals surface area contributed by atoms with Crippen LogP contribution in [-0.4, -0.2) is 61.3 Å². The molecule has 4 N–H and O–H groups in total. The summed E-state index contributed by atoms with van der Waals surface area (Å²) in [6.45, 7) is 6.22. The third-order valence-corrected chi connectivity index (χ3v) is 7.38. The number of nitrogens with one attached hydrogen (secondary N) is 4. The molecule has 7 nitrogen and oxygen atoms in total. The van der Waals surface area contributed by atoms with E-state index in [1.54, 1.807) is 0 Å². The molecule has 1 aromatic heterocycles. The van der Waals surface area contributed by atoms with Crippen LogP contribution in [0.2, 0.25) is 0 Å². The molecule has 0 atom stereocenters. The van der Waals surface area contributed by atoms with Gasteiger partial charge in [-0.2, -0.15) is 0 Å². The second kappa shape index (κ2) is 10.1. The molecule has 2 aliphatic rings. The average Bonchev–Trinajstić information content (AvgIpc) is 2.79. The molecule has 4 rings (SSSR count). The monoisotopic (exact) mass is 465 g/mol. The number of benzene rings is 1. The van der Waals surface area contributed by atoms with Gasteiger partial charge in [0.2, 0.25) is 0 Å². The van der Waals surface area contributed by atoms with Gasteiger partial charge < -0.3 is 20.5 Å². The molecule has 34 heavy (non-hydrogen) atoms. The minimum absolute atomic E-state index is 0.139. The van der Waals surface area contributed by atoms with Gasteiger partial charge in [0.1, 0.15) is 11.3 Å². The van der Waals surface area contributed by atoms with E-state index in [0.717, 1.165) is 56.6 Å². The van der Waals surface area contributed by atoms with E-state index in [1.807, 2.05) is 6.07 Å². The summed E-state index contributed by atoms with van der Waals surface area (Å²) in [5.41, 5.74) is 4.28. The van der Waals surface area contributed by atoms with Crippen LogP contribution in [0.5, 0.6) is 0 Å². The molecule has 0 radical (unpaired) electrons. The fourth-order valence-electron chi connectivity index (χ4n) is 5.42. The van der Waals surface area contributed by atoms with E-state index in [9.17, 15) is 4.39 Å². The number of aryl methyl sites for hydroxylation is 1. The van der Waals surface area contributed by atoms with Gasteiger partial charge in [-0.3, -0.25) is 15.4 Å². The molecule has 2 aromatic rings. The topological polar surface area (TPSA) is 95.0 Å². The third-order valence-electron chi connectivity index (χ3n) is 7.38. The van der Waals surface area contributed by atoms with Crippen LogP contribution in [0.3, 0.4) is 0 Å². The Morgan fingerprint density at radius 2 is 2.00 bits per heavy atom. The van der Waals surface area contributed by atoms with Crippen molar-refractivity contribution in [3.05, 3.63) is 52.9 Å². The van der Waals surface area contributed by atoms with Gasteiger partial charge in [-0.1, -0.05) is 6.92 Å². The number of rotatable bonds is 11. The van der Waals surface area contributed by atoms with Gasteiger partial charge in [-0.05, 0) is 73.9 Å². The normalized spacial score (nSPS) is 17.1. The molecule has 2 fully saturated rings. The van der Waals surface area contributed by atoms with Gasteiger partial charge in [-0.25, -0.2) is 4.39 Å². The minimum atomic E-state index is -0.342. The molecular weight excluding hydrogens is 429 g/mol. The lowest BCUT2D eigenvalue weighted by Gasteiger charge is -2.61. The van der Waals surface area contributed by atoms with Gasteiger partial charge >= 0.3 is 0 Å². The molecular formula is C26H36FN7.